The highest BCUT2D eigenvalue weighted by molar-refractivity contribution is 8.13. The topological polar surface area (TPSA) is 290 Å². The highest BCUT2D eigenvalue weighted by Gasteiger charge is 2.29. The van der Waals surface area contributed by atoms with Gasteiger partial charge >= 0.3 is 0 Å². The van der Waals surface area contributed by atoms with Crippen LogP contribution in [0, 0.1) is 23.3 Å². The lowest BCUT2D eigenvalue weighted by Crippen LogP contribution is -2.41. The van der Waals surface area contributed by atoms with Crippen molar-refractivity contribution in [3.05, 3.63) is 82.2 Å². The first-order valence-corrected chi connectivity index (χ1v) is 29.6. The normalized spacial score (nSPS) is 17.4. The third-order valence-electron chi connectivity index (χ3n) is 12.1. The first kappa shape index (κ1) is 65.4. The maximum absolute atomic E-state index is 14.3. The van der Waals surface area contributed by atoms with Gasteiger partial charge in [-0.25, -0.2) is 49.1 Å². The number of nitrogens with one attached hydrogen (secondary N) is 3. The Morgan fingerprint density at radius 1 is 0.658 bits per heavy atom. The van der Waals surface area contributed by atoms with E-state index in [1.807, 2.05) is 0 Å². The van der Waals surface area contributed by atoms with Crippen molar-refractivity contribution in [2.75, 3.05) is 79.2 Å². The van der Waals surface area contributed by atoms with Gasteiger partial charge in [0.2, 0.25) is 42.5 Å². The lowest BCUT2D eigenvalue weighted by Gasteiger charge is -2.29. The molecule has 2 heterocycles. The van der Waals surface area contributed by atoms with Gasteiger partial charge < -0.3 is 42.2 Å². The highest BCUT2D eigenvalue weighted by atomic mass is 35.7. The zero-order chi connectivity index (χ0) is 56.8. The molecule has 9 N–H and O–H groups in total. The van der Waals surface area contributed by atoms with Gasteiger partial charge in [0.1, 0.15) is 34.3 Å². The van der Waals surface area contributed by atoms with Crippen molar-refractivity contribution in [2.45, 2.75) is 109 Å². The number of carbonyl (C=O) groups is 2. The third kappa shape index (κ3) is 20.8. The molecule has 2 aromatic heterocycles. The molecule has 2 saturated carbocycles. The summed E-state index contributed by atoms with van der Waals surface area (Å²) in [7, 11) is 0.656. The summed E-state index contributed by atoms with van der Waals surface area (Å²) in [5, 5.41) is 6.28. The molecule has 2 fully saturated rings. The smallest absolute Gasteiger partial charge is 0.232 e. The van der Waals surface area contributed by atoms with Crippen LogP contribution in [-0.2, 0) is 19.1 Å². The van der Waals surface area contributed by atoms with Crippen molar-refractivity contribution in [3.8, 4) is 11.5 Å². The van der Waals surface area contributed by atoms with E-state index >= 15 is 0 Å². The average Bonchev–Trinajstić information content (AvgIpc) is 3.38. The lowest BCUT2D eigenvalue weighted by molar-refractivity contribution is 0.102. The highest BCUT2D eigenvalue weighted by Crippen LogP contribution is 2.30. The summed E-state index contributed by atoms with van der Waals surface area (Å²) in [5.41, 5.74) is 16.2. The Kier molecular flexibility index (Phi) is 27.6. The van der Waals surface area contributed by atoms with E-state index in [1.165, 1.54) is 46.1 Å². The monoisotopic (exact) mass is 1170 g/mol. The van der Waals surface area contributed by atoms with Crippen LogP contribution in [-0.4, -0.2) is 135 Å². The molecule has 2 aliphatic carbocycles. The van der Waals surface area contributed by atoms with Gasteiger partial charge in [0.25, 0.3) is 0 Å². The Morgan fingerprint density at radius 3 is 1.37 bits per heavy atom. The number of ether oxygens (including phenoxy) is 2. The Balaban J connectivity index is 0.000000320. The number of rotatable bonds is 21. The summed E-state index contributed by atoms with van der Waals surface area (Å²) in [5.74, 6) is -6.28. The molecule has 28 heteroatoms. The van der Waals surface area contributed by atoms with E-state index in [9.17, 15) is 44.0 Å². The lowest BCUT2D eigenvalue weighted by atomic mass is 9.92. The van der Waals surface area contributed by atoms with Gasteiger partial charge in [0.15, 0.2) is 23.3 Å². The van der Waals surface area contributed by atoms with Crippen LogP contribution < -0.4 is 42.0 Å². The van der Waals surface area contributed by atoms with E-state index < -0.39 is 65.0 Å². The van der Waals surface area contributed by atoms with E-state index in [1.54, 1.807) is 0 Å². The second kappa shape index (κ2) is 32.1. The quantitative estimate of drug-likeness (QED) is 0.0202. The molecule has 0 radical (unpaired) electrons. The summed E-state index contributed by atoms with van der Waals surface area (Å²) in [6, 6.07) is 4.27. The Morgan fingerprint density at radius 2 is 1.04 bits per heavy atom. The summed E-state index contributed by atoms with van der Waals surface area (Å²) in [4.78, 5) is 44.2. The van der Waals surface area contributed by atoms with E-state index in [0.717, 1.165) is 50.1 Å². The van der Waals surface area contributed by atoms with Gasteiger partial charge in [-0.2, -0.15) is 9.97 Å². The molecule has 424 valence electrons. The number of hydrogen-bond acceptors (Lipinski definition) is 18. The standard InChI is InChI=1S/C21H26ClF2N5O4S.C18H21F2N5O2.C6H15N.C3H6Cl2O2S/c1-33-16-8-7-15(23)18(24)17(16)19(30)14-11-26-21(28-20(14)25)27-12-3-5-13(6-4-12)29-34(31,32)10-2-9-22;1-27-13-7-6-12(19)15(20)14(13)16(26)11-8-23-18(25-17(11)22)24-10-4-2-9(21)3-5-10;1-4-7(5-2)6-3;4-2-1-3-8(5,6)7/h7-8,11-13,29H,2-6,9-10H2,1H3,(H3,25,26,27,28);6-10H,2-5,21H2,1H3,(H3,22,23,24,25);4-6H2,1-3H3;1-3H2. The van der Waals surface area contributed by atoms with Gasteiger partial charge in [-0.3, -0.25) is 9.59 Å². The number of benzene rings is 2. The van der Waals surface area contributed by atoms with Crippen LogP contribution in [0.3, 0.4) is 0 Å². The molecule has 2 aromatic carbocycles. The molecule has 0 atom stereocenters. The van der Waals surface area contributed by atoms with Crippen LogP contribution in [0.5, 0.6) is 11.5 Å². The average molecular weight is 1170 g/mol. The van der Waals surface area contributed by atoms with Crippen molar-refractivity contribution in [1.29, 1.82) is 0 Å². The molecule has 0 bridgehead atoms. The maximum Gasteiger partial charge on any atom is 0.232 e. The van der Waals surface area contributed by atoms with Crippen molar-refractivity contribution >= 4 is 88.1 Å². The molecule has 0 aliphatic heterocycles. The SMILES string of the molecule is CCN(CC)CC.COc1ccc(F)c(F)c1C(=O)c1cnc(NC2CCC(N)CC2)nc1N.COc1ccc(F)c(F)c1C(=O)c1cnc(NC2CCC(NS(=O)(=O)CCCCl)CC2)nc1N.O=S(=O)(Cl)CCCCl. The molecule has 4 aromatic rings. The van der Waals surface area contributed by atoms with Crippen molar-refractivity contribution in [3.63, 3.8) is 0 Å². The molecular weight excluding hydrogens is 1110 g/mol. The summed E-state index contributed by atoms with van der Waals surface area (Å²) in [6.07, 6.45) is 9.33. The van der Waals surface area contributed by atoms with Crippen LogP contribution >= 0.6 is 33.9 Å². The molecule has 0 spiro atoms. The summed E-state index contributed by atoms with van der Waals surface area (Å²) in [6.45, 7) is 10.1. The zero-order valence-electron chi connectivity index (χ0n) is 43.0. The maximum atomic E-state index is 14.3. The molecule has 0 unspecified atom stereocenters. The van der Waals surface area contributed by atoms with Crippen molar-refractivity contribution in [1.82, 2.24) is 29.6 Å². The van der Waals surface area contributed by atoms with Crippen molar-refractivity contribution in [2.24, 2.45) is 5.73 Å². The molecule has 0 saturated heterocycles. The number of anilines is 4. The minimum atomic E-state index is -3.36. The van der Waals surface area contributed by atoms with E-state index in [2.05, 4.69) is 61.0 Å². The first-order valence-electron chi connectivity index (χ1n) is 24.4. The minimum Gasteiger partial charge on any atom is -0.496 e. The number of nitrogen functional groups attached to an aromatic ring is 2. The largest absolute Gasteiger partial charge is 0.496 e. The van der Waals surface area contributed by atoms with E-state index in [0.29, 0.717) is 44.4 Å². The fraction of sp³-hybridized carbons (Fsp3) is 0.542. The van der Waals surface area contributed by atoms with Crippen LogP contribution in [0.4, 0.5) is 41.1 Å². The fourth-order valence-electron chi connectivity index (χ4n) is 7.82. The van der Waals surface area contributed by atoms with Crippen LogP contribution in [0.2, 0.25) is 0 Å². The number of methoxy groups -OCH3 is 2. The Labute approximate surface area is 456 Å². The Bertz CT molecular complexity index is 2740. The fourth-order valence-corrected chi connectivity index (χ4v) is 10.6. The summed E-state index contributed by atoms with van der Waals surface area (Å²) < 4.78 is 113. The van der Waals surface area contributed by atoms with Crippen LogP contribution in [0.1, 0.15) is 117 Å². The van der Waals surface area contributed by atoms with Crippen LogP contribution in [0.25, 0.3) is 0 Å². The number of halogens is 7. The zero-order valence-corrected chi connectivity index (χ0v) is 46.9. The van der Waals surface area contributed by atoms with Gasteiger partial charge in [-0.15, -0.1) is 23.2 Å². The predicted octanol–water partition coefficient (Wildman–Crippen LogP) is 7.64. The number of ketones is 2. The number of nitrogens with zero attached hydrogens (tertiary/aromatic N) is 5. The van der Waals surface area contributed by atoms with Gasteiger partial charge in [0.05, 0.1) is 36.9 Å². The number of sulfonamides is 1. The third-order valence-corrected chi connectivity index (χ3v) is 15.3. The second-order valence-electron chi connectivity index (χ2n) is 17.4. The number of hydrogen-bond donors (Lipinski definition) is 6. The number of nitrogens with two attached hydrogens (primary N) is 3. The molecule has 19 nitrogen and oxygen atoms in total. The molecule has 76 heavy (non-hydrogen) atoms. The van der Waals surface area contributed by atoms with Gasteiger partial charge in [0, 0.05) is 59.0 Å². The van der Waals surface area contributed by atoms with Crippen molar-refractivity contribution < 1.29 is 53.5 Å². The van der Waals surface area contributed by atoms with E-state index in [4.69, 9.17) is 60.6 Å². The van der Waals surface area contributed by atoms with Crippen LogP contribution in [0.15, 0.2) is 36.7 Å². The number of alkyl halides is 2. The van der Waals surface area contributed by atoms with E-state index in [-0.39, 0.29) is 87.7 Å². The number of aromatic nitrogens is 4. The molecule has 6 rings (SSSR count). The molecular formula is C48H68Cl3F4N11O8S2. The second-order valence-corrected chi connectivity index (χ2v) is 22.9. The summed E-state index contributed by atoms with van der Waals surface area (Å²) >= 11 is 10.7. The Hall–Kier alpha value is -4.89. The van der Waals surface area contributed by atoms with Gasteiger partial charge in [-0.1, -0.05) is 20.8 Å². The minimum absolute atomic E-state index is 0.00173. The predicted molar refractivity (Wildman–Crippen MR) is 290 cm³/mol. The van der Waals surface area contributed by atoms with Gasteiger partial charge in [-0.05, 0) is 108 Å². The number of carbonyl (C=O) groups excluding carboxylic acids is 2. The first-order chi connectivity index (χ1) is 36.0. The molecule has 2 aliphatic rings. The molecule has 0 amide bonds.